The molecule has 0 amide bonds. The molecule has 1 aliphatic rings. The van der Waals surface area contributed by atoms with E-state index in [1.165, 1.54) is 29.1 Å². The lowest BCUT2D eigenvalue weighted by atomic mass is 10.1. The minimum absolute atomic E-state index is 0.0117. The molecule has 1 fully saturated rings. The van der Waals surface area contributed by atoms with Crippen molar-refractivity contribution in [3.05, 3.63) is 55.1 Å². The van der Waals surface area contributed by atoms with Crippen LogP contribution < -0.4 is 10.3 Å². The monoisotopic (exact) mass is 713 g/mol. The van der Waals surface area contributed by atoms with Gasteiger partial charge in [0.2, 0.25) is 0 Å². The number of ether oxygens (including phenoxy) is 1. The second-order valence-corrected chi connectivity index (χ2v) is 15.3. The number of hydrogen-bond acceptors (Lipinski definition) is 16. The van der Waals surface area contributed by atoms with Crippen molar-refractivity contribution in [3.8, 4) is 5.75 Å². The Hall–Kier alpha value is -2.67. The molecule has 8 N–H and O–H groups in total. The van der Waals surface area contributed by atoms with E-state index in [0.29, 0.717) is 10.8 Å². The van der Waals surface area contributed by atoms with E-state index < -0.39 is 62.4 Å². The number of imidazole rings is 1. The van der Waals surface area contributed by atoms with E-state index in [0.717, 1.165) is 6.33 Å². The molecule has 0 aliphatic carbocycles. The number of fused-ring (bicyclic) bond motifs is 2. The second kappa shape index (κ2) is 12.5. The molecule has 1 aliphatic heterocycles. The molecule has 4 aromatic rings. The molecule has 0 bridgehead atoms. The number of nitrogens with two attached hydrogens (primary N) is 1. The fraction of sp³-hybridized carbons (Fsp3) is 0.250. The predicted octanol–water partition coefficient (Wildman–Crippen LogP) is 1.73. The van der Waals surface area contributed by atoms with Gasteiger partial charge in [-0.3, -0.25) is 14.0 Å². The maximum atomic E-state index is 12.4. The second-order valence-electron chi connectivity index (χ2n) is 9.11. The number of benzene rings is 2. The molecule has 21 nitrogen and oxygen atoms in total. The Labute approximate surface area is 251 Å². The van der Waals surface area contributed by atoms with Crippen molar-refractivity contribution in [1.82, 2.24) is 19.5 Å². The summed E-state index contributed by atoms with van der Waals surface area (Å²) in [7, 11) is -23.3. The number of nitrogens with zero attached hydrogens (tertiary/aromatic N) is 4. The third-order valence-electron chi connectivity index (χ3n) is 5.98. The van der Waals surface area contributed by atoms with Crippen molar-refractivity contribution in [3.63, 3.8) is 0 Å². The van der Waals surface area contributed by atoms with E-state index in [9.17, 15) is 48.0 Å². The van der Waals surface area contributed by atoms with Gasteiger partial charge in [0.15, 0.2) is 17.7 Å². The van der Waals surface area contributed by atoms with Crippen LogP contribution in [0.4, 0.5) is 5.82 Å². The van der Waals surface area contributed by atoms with Gasteiger partial charge in [-0.25, -0.2) is 33.2 Å². The molecule has 25 heteroatoms. The number of hydrogen-bond donors (Lipinski definition) is 7. The van der Waals surface area contributed by atoms with Crippen molar-refractivity contribution in [2.24, 2.45) is 0 Å². The van der Waals surface area contributed by atoms with Gasteiger partial charge in [0.25, 0.3) is 0 Å². The fourth-order valence-electron chi connectivity index (χ4n) is 4.18. The molecule has 0 radical (unpaired) electrons. The summed E-state index contributed by atoms with van der Waals surface area (Å²) in [5.41, 5.74) is 5.98. The van der Waals surface area contributed by atoms with E-state index in [1.807, 2.05) is 0 Å². The highest BCUT2D eigenvalue weighted by atomic mass is 31.3. The van der Waals surface area contributed by atoms with Crippen molar-refractivity contribution in [1.29, 1.82) is 0 Å². The summed E-state index contributed by atoms with van der Waals surface area (Å²) >= 11 is 0. The van der Waals surface area contributed by atoms with E-state index >= 15 is 0 Å². The fourth-order valence-corrected chi connectivity index (χ4v) is 9.15. The summed E-state index contributed by atoms with van der Waals surface area (Å²) < 4.78 is 77.1. The summed E-state index contributed by atoms with van der Waals surface area (Å²) in [6.07, 6.45) is -4.05. The lowest BCUT2D eigenvalue weighted by Gasteiger charge is -2.21. The molecule has 244 valence electrons. The molecule has 2 aromatic heterocycles. The normalized spacial score (nSPS) is 25.7. The molecular weight excluding hydrogens is 690 g/mol. The predicted molar refractivity (Wildman–Crippen MR) is 149 cm³/mol. The van der Waals surface area contributed by atoms with Crippen LogP contribution in [0.3, 0.4) is 0 Å². The number of rotatable bonds is 12. The van der Waals surface area contributed by atoms with Crippen LogP contribution in [0.15, 0.2) is 55.1 Å². The average molecular weight is 713 g/mol. The first-order chi connectivity index (χ1) is 21.0. The molecule has 5 rings (SSSR count). The smallest absolute Gasteiger partial charge is 0.403 e. The van der Waals surface area contributed by atoms with Gasteiger partial charge >= 0.3 is 31.3 Å². The number of phosphoric acid groups is 4. The van der Waals surface area contributed by atoms with Crippen LogP contribution in [0.5, 0.6) is 5.75 Å². The van der Waals surface area contributed by atoms with Crippen LogP contribution in [0.2, 0.25) is 0 Å². The zero-order chi connectivity index (χ0) is 32.8. The van der Waals surface area contributed by atoms with Crippen LogP contribution in [-0.2, 0) is 40.5 Å². The molecule has 2 aromatic carbocycles. The quantitative estimate of drug-likeness (QED) is 0.103. The minimum atomic E-state index is -6.07. The highest BCUT2D eigenvalue weighted by Crippen LogP contribution is 2.71. The van der Waals surface area contributed by atoms with E-state index in [4.69, 9.17) is 15.0 Å². The molecule has 1 saturated heterocycles. The van der Waals surface area contributed by atoms with Crippen molar-refractivity contribution >= 4 is 59.0 Å². The third-order valence-corrected chi connectivity index (χ3v) is 11.8. The van der Waals surface area contributed by atoms with E-state index in [2.05, 4.69) is 32.4 Å². The third kappa shape index (κ3) is 7.84. The van der Waals surface area contributed by atoms with Crippen molar-refractivity contribution in [2.45, 2.75) is 24.5 Å². The van der Waals surface area contributed by atoms with E-state index in [1.54, 1.807) is 24.3 Å². The first-order valence-corrected chi connectivity index (χ1v) is 18.2. The summed E-state index contributed by atoms with van der Waals surface area (Å²) in [6.45, 7) is -1.05. The Balaban J connectivity index is 1.19. The Morgan fingerprint density at radius 3 is 2.20 bits per heavy atom. The van der Waals surface area contributed by atoms with Crippen LogP contribution >= 0.6 is 31.3 Å². The number of phosphoric ester groups is 2. The Kier molecular flexibility index (Phi) is 9.36. The molecule has 3 heterocycles. The van der Waals surface area contributed by atoms with Gasteiger partial charge in [0.1, 0.15) is 35.9 Å². The zero-order valence-electron chi connectivity index (χ0n) is 22.1. The van der Waals surface area contributed by atoms with Crippen molar-refractivity contribution < 1.29 is 74.8 Å². The summed E-state index contributed by atoms with van der Waals surface area (Å²) in [6, 6.07) is 10.7. The lowest BCUT2D eigenvalue weighted by Crippen LogP contribution is -2.33. The lowest BCUT2D eigenvalue weighted by molar-refractivity contribution is -0.0503. The summed E-state index contributed by atoms with van der Waals surface area (Å²) in [5.74, 6) is -0.254. The first kappa shape index (κ1) is 33.7. The Morgan fingerprint density at radius 2 is 1.47 bits per heavy atom. The van der Waals surface area contributed by atoms with Crippen LogP contribution in [0.1, 0.15) is 6.23 Å². The summed E-state index contributed by atoms with van der Waals surface area (Å²) in [4.78, 5) is 51.3. The first-order valence-electron chi connectivity index (χ1n) is 12.2. The molecule has 5 unspecified atom stereocenters. The van der Waals surface area contributed by atoms with Crippen LogP contribution in [0.25, 0.3) is 21.9 Å². The number of aromatic nitrogens is 4. The topological polar surface area (TPSA) is 315 Å². The summed E-state index contributed by atoms with van der Waals surface area (Å²) in [5, 5.41) is 21.7. The number of anilines is 1. The Bertz CT molecular complexity index is 1920. The number of aliphatic hydroxyl groups excluding tert-OH is 2. The standard InChI is InChI=1S/C20H23N5O16P4/c21-18-15-19(23-9-22-18)25(10-24-15)20-17(27)16(26)14(37-20)8-36-42(28,29)39-44(32,33)41-45(34,35)40-43(30,31)38-13-7-3-5-11-4-1-2-6-12(11)13/h1-7,9-10,14,16-17,20,26-27H,8H2,(H,28,29)(H,30,31)(H,32,33)(H,34,35)(H2,21,22,23)/t14-,16+,17?,20-/m1/s1. The number of nitrogen functional groups attached to an aromatic ring is 1. The van der Waals surface area contributed by atoms with Crippen LogP contribution in [-0.4, -0.2) is 74.2 Å². The van der Waals surface area contributed by atoms with E-state index in [-0.39, 0.29) is 22.7 Å². The SMILES string of the molecule is Nc1ncnc2c1ncn2[C@@H]1O[C@H](COP(=O)(O)OP(=O)(O)OP(=O)(O)OP(=O)(O)Oc2cccc3ccccc23)[C@H](O)C1O. The molecule has 0 spiro atoms. The average Bonchev–Trinajstić information content (AvgIpc) is 3.47. The van der Waals surface area contributed by atoms with Gasteiger partial charge < -0.3 is 39.9 Å². The highest BCUT2D eigenvalue weighted by Gasteiger charge is 2.48. The molecule has 8 atom stereocenters. The Morgan fingerprint density at radius 1 is 0.822 bits per heavy atom. The zero-order valence-corrected chi connectivity index (χ0v) is 25.7. The highest BCUT2D eigenvalue weighted by molar-refractivity contribution is 7.69. The maximum absolute atomic E-state index is 12.4. The van der Waals surface area contributed by atoms with Crippen LogP contribution in [0, 0.1) is 0 Å². The van der Waals surface area contributed by atoms with Gasteiger partial charge in [-0.05, 0) is 11.5 Å². The van der Waals surface area contributed by atoms with Gasteiger partial charge in [0, 0.05) is 5.39 Å². The molecular formula is C20H23N5O16P4. The van der Waals surface area contributed by atoms with Crippen molar-refractivity contribution in [2.75, 3.05) is 12.3 Å². The number of aliphatic hydroxyl groups is 2. The van der Waals surface area contributed by atoms with Gasteiger partial charge in [0.05, 0.1) is 12.9 Å². The van der Waals surface area contributed by atoms with Gasteiger partial charge in [-0.2, -0.15) is 12.9 Å². The molecule has 45 heavy (non-hydrogen) atoms. The molecule has 0 saturated carbocycles. The van der Waals surface area contributed by atoms with Gasteiger partial charge in [-0.15, -0.1) is 0 Å². The largest absolute Gasteiger partial charge is 0.536 e. The minimum Gasteiger partial charge on any atom is -0.403 e. The maximum Gasteiger partial charge on any atom is 0.536 e. The van der Waals surface area contributed by atoms with Gasteiger partial charge in [-0.1, -0.05) is 36.4 Å².